The van der Waals surface area contributed by atoms with E-state index in [1.54, 1.807) is 95.5 Å². The molecule has 0 aromatic carbocycles. The molecule has 0 saturated heterocycles. The van der Waals surface area contributed by atoms with Crippen molar-refractivity contribution in [3.05, 3.63) is 71.8 Å². The van der Waals surface area contributed by atoms with E-state index >= 15 is 0 Å². The number of amides is 4. The number of hydrogen-bond donors (Lipinski definition) is 5. The Bertz CT molecular complexity index is 1670. The number of carbonyl (C=O) groups excluding carboxylic acids is 4. The average Bonchev–Trinajstić information content (AvgIpc) is 3.67. The summed E-state index contributed by atoms with van der Waals surface area (Å²) in [6.45, 7) is 1.41. The van der Waals surface area contributed by atoms with Gasteiger partial charge in [0.15, 0.2) is 0 Å². The second-order valence-corrected chi connectivity index (χ2v) is 10.7. The molecule has 0 unspecified atom stereocenters. The Hall–Kier alpha value is -5.24. The van der Waals surface area contributed by atoms with Crippen LogP contribution in [0.3, 0.4) is 0 Å². The van der Waals surface area contributed by atoms with E-state index in [1.165, 1.54) is 0 Å². The van der Waals surface area contributed by atoms with Crippen LogP contribution in [0.5, 0.6) is 0 Å². The fourth-order valence-electron chi connectivity index (χ4n) is 4.66. The van der Waals surface area contributed by atoms with Gasteiger partial charge < -0.3 is 50.2 Å². The molecule has 43 heavy (non-hydrogen) atoms. The Labute approximate surface area is 249 Å². The fourth-order valence-corrected chi connectivity index (χ4v) is 4.66. The second kappa shape index (κ2) is 12.7. The van der Waals surface area contributed by atoms with Crippen LogP contribution in [0.15, 0.2) is 49.1 Å². The van der Waals surface area contributed by atoms with Crippen molar-refractivity contribution in [3.63, 3.8) is 0 Å². The van der Waals surface area contributed by atoms with Gasteiger partial charge in [-0.2, -0.15) is 0 Å². The number of nitrogens with one attached hydrogen (secondary N) is 4. The lowest BCUT2D eigenvalue weighted by Gasteiger charge is -2.10. The van der Waals surface area contributed by atoms with Crippen LogP contribution in [0, 0.1) is 0 Å². The molecule has 0 saturated carbocycles. The number of aryl methyl sites for hydroxylation is 4. The summed E-state index contributed by atoms with van der Waals surface area (Å²) in [4.78, 5) is 53.4. The monoisotopic (exact) mass is 590 g/mol. The Morgan fingerprint density at radius 2 is 1.00 bits per heavy atom. The van der Waals surface area contributed by atoms with Gasteiger partial charge in [0, 0.05) is 59.5 Å². The Balaban J connectivity index is 1.37. The third kappa shape index (κ3) is 7.35. The largest absolute Gasteiger partial charge is 0.397 e. The van der Waals surface area contributed by atoms with Gasteiger partial charge in [-0.25, -0.2) is 0 Å². The predicted molar refractivity (Wildman–Crippen MR) is 165 cm³/mol. The third-order valence-electron chi connectivity index (χ3n) is 6.81. The molecule has 4 aromatic rings. The van der Waals surface area contributed by atoms with Gasteiger partial charge in [0.05, 0.1) is 22.7 Å². The zero-order valence-corrected chi connectivity index (χ0v) is 25.2. The number of aromatic nitrogens is 4. The molecule has 4 amide bonds. The molecule has 0 aliphatic rings. The lowest BCUT2D eigenvalue weighted by atomic mass is 10.3. The molecule has 4 aromatic heterocycles. The highest BCUT2D eigenvalue weighted by molar-refractivity contribution is 6.08. The van der Waals surface area contributed by atoms with Crippen molar-refractivity contribution >= 4 is 46.4 Å². The fraction of sp³-hybridized carbons (Fsp3) is 0.310. The van der Waals surface area contributed by atoms with E-state index in [4.69, 9.17) is 5.73 Å². The summed E-state index contributed by atoms with van der Waals surface area (Å²) in [5, 5.41) is 11.3. The van der Waals surface area contributed by atoms with Crippen molar-refractivity contribution in [2.75, 3.05) is 48.9 Å². The number of hydrogen-bond acceptors (Lipinski definition) is 6. The molecule has 0 fully saturated rings. The number of anilines is 4. The third-order valence-corrected chi connectivity index (χ3v) is 6.81. The smallest absolute Gasteiger partial charge is 0.272 e. The highest BCUT2D eigenvalue weighted by Crippen LogP contribution is 2.20. The number of rotatable bonds is 11. The maximum absolute atomic E-state index is 13.1. The van der Waals surface area contributed by atoms with Gasteiger partial charge in [0.25, 0.3) is 23.6 Å². The van der Waals surface area contributed by atoms with Crippen molar-refractivity contribution in [2.24, 2.45) is 28.2 Å². The van der Waals surface area contributed by atoms with Gasteiger partial charge in [-0.15, -0.1) is 0 Å². The van der Waals surface area contributed by atoms with Crippen LogP contribution in [0.25, 0.3) is 0 Å². The molecule has 4 heterocycles. The summed E-state index contributed by atoms with van der Waals surface area (Å²) < 4.78 is 6.45. The van der Waals surface area contributed by atoms with Gasteiger partial charge in [-0.05, 0) is 51.3 Å². The Kier molecular flexibility index (Phi) is 9.09. The standard InChI is InChI=1S/C29H38N10O4/c1-35(2)9-7-8-31-26(40)23-11-19(15-37(23)4)33-28(42)25-13-21(17-39(25)6)34-29(43)24-12-20(16-38(24)5)32-27(41)22-10-18(30)14-36(22)3/h10-17H,7-9,30H2,1-6H3,(H,31,40)(H,32,41)(H,33,42)(H,34,43). The topological polar surface area (TPSA) is 165 Å². The van der Waals surface area contributed by atoms with Crippen LogP contribution in [0.1, 0.15) is 48.4 Å². The van der Waals surface area contributed by atoms with Crippen LogP contribution in [0.4, 0.5) is 22.7 Å². The van der Waals surface area contributed by atoms with Gasteiger partial charge in [-0.3, -0.25) is 19.2 Å². The molecule has 0 aliphatic heterocycles. The number of carbonyl (C=O) groups is 4. The average molecular weight is 591 g/mol. The second-order valence-electron chi connectivity index (χ2n) is 10.7. The number of nitrogens with two attached hydrogens (primary N) is 1. The number of nitrogens with zero attached hydrogens (tertiary/aromatic N) is 5. The summed E-state index contributed by atoms with van der Waals surface area (Å²) in [5.74, 6) is -1.41. The molecule has 0 atom stereocenters. The van der Waals surface area contributed by atoms with Gasteiger partial charge in [-0.1, -0.05) is 0 Å². The molecule has 6 N–H and O–H groups in total. The van der Waals surface area contributed by atoms with Crippen LogP contribution in [-0.2, 0) is 28.2 Å². The minimum Gasteiger partial charge on any atom is -0.397 e. The van der Waals surface area contributed by atoms with Crippen LogP contribution < -0.4 is 27.0 Å². The molecular formula is C29H38N10O4. The maximum atomic E-state index is 13.1. The summed E-state index contributed by atoms with van der Waals surface area (Å²) >= 11 is 0. The first-order valence-electron chi connectivity index (χ1n) is 13.6. The molecule has 4 rings (SSSR count). The van der Waals surface area contributed by atoms with Gasteiger partial charge >= 0.3 is 0 Å². The van der Waals surface area contributed by atoms with E-state index in [0.29, 0.717) is 52.1 Å². The van der Waals surface area contributed by atoms with E-state index in [9.17, 15) is 19.2 Å². The first kappa shape index (κ1) is 30.7. The lowest BCUT2D eigenvalue weighted by Crippen LogP contribution is -2.28. The lowest BCUT2D eigenvalue weighted by molar-refractivity contribution is 0.0942. The summed E-state index contributed by atoms with van der Waals surface area (Å²) in [6.07, 6.45) is 7.37. The highest BCUT2D eigenvalue weighted by atomic mass is 16.2. The molecule has 0 bridgehead atoms. The first-order chi connectivity index (χ1) is 20.3. The molecule has 0 spiro atoms. The van der Waals surface area contributed by atoms with E-state index < -0.39 is 11.8 Å². The minimum absolute atomic E-state index is 0.223. The molecule has 14 nitrogen and oxygen atoms in total. The summed E-state index contributed by atoms with van der Waals surface area (Å²) in [7, 11) is 10.8. The van der Waals surface area contributed by atoms with Crippen LogP contribution >= 0.6 is 0 Å². The zero-order chi connectivity index (χ0) is 31.4. The minimum atomic E-state index is -0.423. The van der Waals surface area contributed by atoms with Crippen molar-refractivity contribution in [1.82, 2.24) is 28.5 Å². The highest BCUT2D eigenvalue weighted by Gasteiger charge is 2.19. The SMILES string of the molecule is CN(C)CCCNC(=O)c1cc(NC(=O)c2cc(NC(=O)c3cc(NC(=O)c4cc(N)cn4C)cn3C)cn2C)cn1C. The van der Waals surface area contributed by atoms with E-state index in [1.807, 2.05) is 19.0 Å². The molecule has 14 heteroatoms. The Morgan fingerprint density at radius 3 is 1.37 bits per heavy atom. The first-order valence-corrected chi connectivity index (χ1v) is 13.6. The molecule has 0 aliphatic carbocycles. The quantitative estimate of drug-likeness (QED) is 0.168. The van der Waals surface area contributed by atoms with Gasteiger partial charge in [0.2, 0.25) is 0 Å². The van der Waals surface area contributed by atoms with E-state index in [2.05, 4.69) is 21.3 Å². The summed E-state index contributed by atoms with van der Waals surface area (Å²) in [6, 6.07) is 6.29. The molecule has 228 valence electrons. The predicted octanol–water partition coefficient (Wildman–Crippen LogP) is 2.06. The van der Waals surface area contributed by atoms with E-state index in [-0.39, 0.29) is 11.8 Å². The van der Waals surface area contributed by atoms with Crippen LogP contribution in [-0.4, -0.2) is 74.0 Å². The normalized spacial score (nSPS) is 11.0. The maximum Gasteiger partial charge on any atom is 0.272 e. The van der Waals surface area contributed by atoms with Crippen molar-refractivity contribution < 1.29 is 19.2 Å². The zero-order valence-electron chi connectivity index (χ0n) is 25.2. The number of nitrogen functional groups attached to an aromatic ring is 1. The van der Waals surface area contributed by atoms with Crippen molar-refractivity contribution in [1.29, 1.82) is 0 Å². The van der Waals surface area contributed by atoms with Gasteiger partial charge in [0.1, 0.15) is 22.8 Å². The van der Waals surface area contributed by atoms with Crippen molar-refractivity contribution in [2.45, 2.75) is 6.42 Å². The van der Waals surface area contributed by atoms with E-state index in [0.717, 1.165) is 13.0 Å². The summed E-state index contributed by atoms with van der Waals surface area (Å²) in [5.41, 5.74) is 8.96. The Morgan fingerprint density at radius 1 is 0.628 bits per heavy atom. The van der Waals surface area contributed by atoms with Crippen LogP contribution in [0.2, 0.25) is 0 Å². The molecular weight excluding hydrogens is 552 g/mol. The van der Waals surface area contributed by atoms with Crippen molar-refractivity contribution in [3.8, 4) is 0 Å². The molecule has 0 radical (unpaired) electrons.